The van der Waals surface area contributed by atoms with Gasteiger partial charge in [0, 0.05) is 6.04 Å². The quantitative estimate of drug-likeness (QED) is 0.816. The Morgan fingerprint density at radius 1 is 0.880 bits per heavy atom. The molecule has 0 spiro atoms. The van der Waals surface area contributed by atoms with E-state index < -0.39 is 16.1 Å². The predicted molar refractivity (Wildman–Crippen MR) is 96.0 cm³/mol. The molecule has 2 aromatic carbocycles. The van der Waals surface area contributed by atoms with Crippen molar-refractivity contribution in [2.75, 3.05) is 21.3 Å². The number of hydrogen-bond acceptors (Lipinski definition) is 5. The number of rotatable bonds is 7. The van der Waals surface area contributed by atoms with Crippen molar-refractivity contribution in [2.45, 2.75) is 24.8 Å². The van der Waals surface area contributed by atoms with Gasteiger partial charge in [-0.05, 0) is 49.2 Å². The molecule has 0 aliphatic heterocycles. The molecule has 1 N–H and O–H groups in total. The molecule has 0 saturated heterocycles. The van der Waals surface area contributed by atoms with E-state index in [9.17, 15) is 8.42 Å². The predicted octanol–water partition coefficient (Wildman–Crippen LogP) is 3.06. The number of nitrogens with one attached hydrogen (secondary N) is 1. The lowest BCUT2D eigenvalue weighted by atomic mass is 10.1. The van der Waals surface area contributed by atoms with Gasteiger partial charge in [-0.1, -0.05) is 12.1 Å². The summed E-state index contributed by atoms with van der Waals surface area (Å²) >= 11 is 0. The lowest BCUT2D eigenvalue weighted by Crippen LogP contribution is -2.27. The topological polar surface area (TPSA) is 73.9 Å². The van der Waals surface area contributed by atoms with Gasteiger partial charge in [-0.25, -0.2) is 13.1 Å². The Morgan fingerprint density at radius 3 is 2.08 bits per heavy atom. The standard InChI is InChI=1S/C18H23NO5S/c1-12-6-8-16(23-4)18(10-12)25(20,21)19-13(2)14-7-9-15(22-3)17(11-14)24-5/h6-11,13,19H,1-5H3/t13-/m1/s1. The average molecular weight is 365 g/mol. The van der Waals surface area contributed by atoms with Gasteiger partial charge < -0.3 is 14.2 Å². The molecular weight excluding hydrogens is 342 g/mol. The Bertz CT molecular complexity index is 849. The monoisotopic (exact) mass is 365 g/mol. The minimum Gasteiger partial charge on any atom is -0.495 e. The molecule has 25 heavy (non-hydrogen) atoms. The SMILES string of the molecule is COc1ccc([C@@H](C)NS(=O)(=O)c2cc(C)ccc2OC)cc1OC. The van der Waals surface area contributed by atoms with E-state index >= 15 is 0 Å². The Hall–Kier alpha value is -2.25. The first kappa shape index (κ1) is 19.1. The molecule has 0 heterocycles. The van der Waals surface area contributed by atoms with Crippen molar-refractivity contribution >= 4 is 10.0 Å². The van der Waals surface area contributed by atoms with Crippen LogP contribution in [0.3, 0.4) is 0 Å². The van der Waals surface area contributed by atoms with Gasteiger partial charge in [-0.3, -0.25) is 0 Å². The summed E-state index contributed by atoms with van der Waals surface area (Å²) in [5.41, 5.74) is 1.59. The summed E-state index contributed by atoms with van der Waals surface area (Å²) in [6.07, 6.45) is 0. The van der Waals surface area contributed by atoms with Crippen molar-refractivity contribution in [1.82, 2.24) is 4.72 Å². The average Bonchev–Trinajstić information content (AvgIpc) is 2.60. The molecular formula is C18H23NO5S. The van der Waals surface area contributed by atoms with Crippen LogP contribution in [0.1, 0.15) is 24.1 Å². The van der Waals surface area contributed by atoms with Crippen molar-refractivity contribution < 1.29 is 22.6 Å². The Kier molecular flexibility index (Phi) is 5.92. The zero-order valence-electron chi connectivity index (χ0n) is 15.0. The van der Waals surface area contributed by atoms with E-state index in [1.807, 2.05) is 6.92 Å². The largest absolute Gasteiger partial charge is 0.495 e. The van der Waals surface area contributed by atoms with Crippen molar-refractivity contribution in [3.63, 3.8) is 0 Å². The third kappa shape index (κ3) is 4.24. The fraction of sp³-hybridized carbons (Fsp3) is 0.333. The molecule has 0 saturated carbocycles. The smallest absolute Gasteiger partial charge is 0.244 e. The molecule has 7 heteroatoms. The van der Waals surface area contributed by atoms with Crippen LogP contribution in [0.15, 0.2) is 41.3 Å². The first-order valence-corrected chi connectivity index (χ1v) is 9.19. The van der Waals surface area contributed by atoms with Crippen LogP contribution < -0.4 is 18.9 Å². The van der Waals surface area contributed by atoms with Crippen LogP contribution in [-0.4, -0.2) is 29.7 Å². The Morgan fingerprint density at radius 2 is 1.48 bits per heavy atom. The van der Waals surface area contributed by atoms with Gasteiger partial charge in [0.15, 0.2) is 11.5 Å². The maximum atomic E-state index is 12.8. The van der Waals surface area contributed by atoms with Crippen LogP contribution in [0.2, 0.25) is 0 Å². The fourth-order valence-electron chi connectivity index (χ4n) is 2.48. The summed E-state index contributed by atoms with van der Waals surface area (Å²) < 4.78 is 43.9. The normalized spacial score (nSPS) is 12.5. The molecule has 2 aromatic rings. The summed E-state index contributed by atoms with van der Waals surface area (Å²) in [6, 6.07) is 9.85. The molecule has 0 unspecified atom stereocenters. The second-order valence-electron chi connectivity index (χ2n) is 5.61. The maximum absolute atomic E-state index is 12.8. The first-order valence-electron chi connectivity index (χ1n) is 7.71. The molecule has 136 valence electrons. The van der Waals surface area contributed by atoms with Gasteiger partial charge in [0.1, 0.15) is 10.6 Å². The van der Waals surface area contributed by atoms with Crippen molar-refractivity contribution in [1.29, 1.82) is 0 Å². The van der Waals surface area contributed by atoms with Gasteiger partial charge in [0.25, 0.3) is 0 Å². The third-order valence-corrected chi connectivity index (χ3v) is 5.41. The highest BCUT2D eigenvalue weighted by Crippen LogP contribution is 2.31. The van der Waals surface area contributed by atoms with Crippen molar-refractivity contribution in [2.24, 2.45) is 0 Å². The fourth-order valence-corrected chi connectivity index (χ4v) is 3.97. The summed E-state index contributed by atoms with van der Waals surface area (Å²) in [4.78, 5) is 0.113. The van der Waals surface area contributed by atoms with Gasteiger partial charge in [0.2, 0.25) is 10.0 Å². The second-order valence-corrected chi connectivity index (χ2v) is 7.29. The number of aryl methyl sites for hydroxylation is 1. The van der Waals surface area contributed by atoms with Crippen LogP contribution in [0.25, 0.3) is 0 Å². The molecule has 0 aliphatic rings. The van der Waals surface area contributed by atoms with Gasteiger partial charge in [-0.15, -0.1) is 0 Å². The molecule has 0 aromatic heterocycles. The highest BCUT2D eigenvalue weighted by Gasteiger charge is 2.23. The van der Waals surface area contributed by atoms with E-state index in [-0.39, 0.29) is 4.90 Å². The number of hydrogen-bond donors (Lipinski definition) is 1. The molecule has 1 atom stereocenters. The number of sulfonamides is 1. The van der Waals surface area contributed by atoms with Gasteiger partial charge in [-0.2, -0.15) is 0 Å². The van der Waals surface area contributed by atoms with Gasteiger partial charge >= 0.3 is 0 Å². The summed E-state index contributed by atoms with van der Waals surface area (Å²) in [5, 5.41) is 0. The number of benzene rings is 2. The number of ether oxygens (including phenoxy) is 3. The van der Waals surface area contributed by atoms with Gasteiger partial charge in [0.05, 0.1) is 21.3 Å². The van der Waals surface area contributed by atoms with E-state index in [2.05, 4.69) is 4.72 Å². The van der Waals surface area contributed by atoms with E-state index in [1.165, 1.54) is 14.2 Å². The van der Waals surface area contributed by atoms with E-state index in [0.717, 1.165) is 11.1 Å². The van der Waals surface area contributed by atoms with Crippen LogP contribution in [0, 0.1) is 6.92 Å². The molecule has 2 rings (SSSR count). The molecule has 0 fully saturated rings. The van der Waals surface area contributed by atoms with Crippen LogP contribution in [-0.2, 0) is 10.0 Å². The van der Waals surface area contributed by atoms with E-state index in [4.69, 9.17) is 14.2 Å². The van der Waals surface area contributed by atoms with Crippen LogP contribution in [0.5, 0.6) is 17.2 Å². The lowest BCUT2D eigenvalue weighted by Gasteiger charge is -2.18. The van der Waals surface area contributed by atoms with E-state index in [1.54, 1.807) is 50.4 Å². The first-order chi connectivity index (χ1) is 11.8. The van der Waals surface area contributed by atoms with Crippen molar-refractivity contribution in [3.05, 3.63) is 47.5 Å². The molecule has 0 radical (unpaired) electrons. The summed E-state index contributed by atoms with van der Waals surface area (Å²) in [5.74, 6) is 1.43. The highest BCUT2D eigenvalue weighted by atomic mass is 32.2. The zero-order chi connectivity index (χ0) is 18.6. The zero-order valence-corrected chi connectivity index (χ0v) is 15.8. The number of methoxy groups -OCH3 is 3. The van der Waals surface area contributed by atoms with Crippen LogP contribution in [0.4, 0.5) is 0 Å². The minimum absolute atomic E-state index is 0.113. The molecule has 0 aliphatic carbocycles. The molecule has 0 bridgehead atoms. The molecule has 6 nitrogen and oxygen atoms in total. The maximum Gasteiger partial charge on any atom is 0.244 e. The van der Waals surface area contributed by atoms with E-state index in [0.29, 0.717) is 17.2 Å². The van der Waals surface area contributed by atoms with Crippen molar-refractivity contribution in [3.8, 4) is 17.2 Å². The lowest BCUT2D eigenvalue weighted by molar-refractivity contribution is 0.354. The Labute approximate surface area is 148 Å². The van der Waals surface area contributed by atoms with Crippen LogP contribution >= 0.6 is 0 Å². The summed E-state index contributed by atoms with van der Waals surface area (Å²) in [7, 11) is 0.776. The summed E-state index contributed by atoms with van der Waals surface area (Å²) in [6.45, 7) is 3.59. The highest BCUT2D eigenvalue weighted by molar-refractivity contribution is 7.89. The third-order valence-electron chi connectivity index (χ3n) is 3.85. The molecule has 0 amide bonds. The second kappa shape index (κ2) is 7.76. The Balaban J connectivity index is 2.33. The minimum atomic E-state index is -3.76.